The molecule has 4 rings (SSSR count). The fraction of sp³-hybridized carbons (Fsp3) is 0.0952. The van der Waals surface area contributed by atoms with E-state index in [1.165, 1.54) is 0 Å². The van der Waals surface area contributed by atoms with Gasteiger partial charge < -0.3 is 14.9 Å². The Labute approximate surface area is 195 Å². The maximum absolute atomic E-state index is 12.4. The van der Waals surface area contributed by atoms with E-state index >= 15 is 0 Å². The van der Waals surface area contributed by atoms with Gasteiger partial charge in [-0.1, -0.05) is 42.5 Å². The maximum atomic E-state index is 12.4. The highest BCUT2D eigenvalue weighted by atomic mass is 32.3. The van der Waals surface area contributed by atoms with E-state index in [9.17, 15) is 31.8 Å². The van der Waals surface area contributed by atoms with Crippen LogP contribution in [0.25, 0.3) is 0 Å². The number of esters is 1. The van der Waals surface area contributed by atoms with Gasteiger partial charge >= 0.3 is 26.8 Å². The average molecular weight is 510 g/mol. The second kappa shape index (κ2) is 9.40. The molecule has 180 valence electrons. The molecule has 1 aliphatic rings. The van der Waals surface area contributed by atoms with Crippen LogP contribution in [0.15, 0.2) is 72.8 Å². The number of phenolic OH excluding ortho intramolecular Hbond substituents is 2. The van der Waals surface area contributed by atoms with E-state index in [2.05, 4.69) is 7.81 Å². The molecule has 3 aromatic carbocycles. The first kappa shape index (κ1) is 25.1. The minimum atomic E-state index is -5.01. The molecule has 0 atom stereocenters. The van der Waals surface area contributed by atoms with Crippen molar-refractivity contribution < 1.29 is 48.9 Å². The lowest BCUT2D eigenvalue weighted by Crippen LogP contribution is -2.29. The first-order valence-corrected chi connectivity index (χ1v) is 12.0. The number of rotatable bonds is 5. The molecule has 0 saturated heterocycles. The lowest BCUT2D eigenvalue weighted by Gasteiger charge is -2.30. The number of benzene rings is 3. The molecule has 13 heteroatoms. The lowest BCUT2D eigenvalue weighted by molar-refractivity contribution is 0.0251. The summed E-state index contributed by atoms with van der Waals surface area (Å²) >= 11 is 0. The Hall–Kier alpha value is -3.49. The summed E-state index contributed by atoms with van der Waals surface area (Å²) in [5.41, 5.74) is 1.60. The van der Waals surface area contributed by atoms with Crippen LogP contribution in [0.2, 0.25) is 0 Å². The van der Waals surface area contributed by atoms with Crippen molar-refractivity contribution in [2.24, 2.45) is 0 Å². The van der Waals surface area contributed by atoms with Crippen molar-refractivity contribution >= 4 is 26.8 Å². The fourth-order valence-electron chi connectivity index (χ4n) is 3.34. The molecule has 0 aliphatic carbocycles. The zero-order chi connectivity index (χ0) is 25.1. The van der Waals surface area contributed by atoms with Crippen LogP contribution in [-0.4, -0.2) is 44.7 Å². The summed E-state index contributed by atoms with van der Waals surface area (Å²) in [6.07, 6.45) is 0. The number of hydrogen-bond donors (Lipinski definition) is 3. The van der Waals surface area contributed by atoms with Crippen molar-refractivity contribution in [2.75, 3.05) is 7.11 Å². The van der Waals surface area contributed by atoms with Crippen molar-refractivity contribution in [1.29, 1.82) is 0 Å². The predicted molar refractivity (Wildman–Crippen MR) is 117 cm³/mol. The number of phenols is 2. The van der Waals surface area contributed by atoms with E-state index < -0.39 is 32.4 Å². The van der Waals surface area contributed by atoms with Crippen LogP contribution in [0.3, 0.4) is 0 Å². The Morgan fingerprint density at radius 2 is 1.26 bits per heavy atom. The van der Waals surface area contributed by atoms with Crippen LogP contribution in [0.5, 0.6) is 11.5 Å². The molecule has 1 heterocycles. The van der Waals surface area contributed by atoms with Gasteiger partial charge in [-0.2, -0.15) is 16.8 Å². The van der Waals surface area contributed by atoms with E-state index in [0.29, 0.717) is 12.7 Å². The normalized spacial score (nSPS) is 14.5. The molecule has 3 aromatic rings. The van der Waals surface area contributed by atoms with Crippen LogP contribution in [0.4, 0.5) is 0 Å². The summed E-state index contributed by atoms with van der Waals surface area (Å²) in [7, 11) is -8.94. The molecule has 0 bridgehead atoms. The number of hydrogen-bond acceptors (Lipinski definition) is 10. The maximum Gasteiger partial charge on any atom is 0.416 e. The minimum absolute atomic E-state index is 0.136. The summed E-state index contributed by atoms with van der Waals surface area (Å²) in [6, 6.07) is 20.4. The molecular weight excluding hydrogens is 492 g/mol. The lowest BCUT2D eigenvalue weighted by atomic mass is 9.80. The molecule has 1 aliphatic heterocycles. The molecule has 0 aromatic heterocycles. The number of carbonyl (C=O) groups excluding carboxylic acids is 1. The zero-order valence-electron chi connectivity index (χ0n) is 17.4. The number of aromatic hydroxyl groups is 2. The molecule has 11 nitrogen and oxygen atoms in total. The van der Waals surface area contributed by atoms with Gasteiger partial charge in [0, 0.05) is 16.7 Å². The first-order chi connectivity index (χ1) is 15.9. The SMILES string of the molecule is COS(=O)(=O)OS(=O)(=O)O.O=C1OC(c2ccc(O)cc2)(c2ccc(O)cc2)c2ccccc21. The number of carbonyl (C=O) groups is 1. The molecule has 0 saturated carbocycles. The van der Waals surface area contributed by atoms with Crippen LogP contribution >= 0.6 is 0 Å². The molecule has 0 spiro atoms. The van der Waals surface area contributed by atoms with E-state index in [-0.39, 0.29) is 11.5 Å². The topological polar surface area (TPSA) is 174 Å². The van der Waals surface area contributed by atoms with Crippen molar-refractivity contribution in [3.05, 3.63) is 95.1 Å². The number of cyclic esters (lactones) is 1. The van der Waals surface area contributed by atoms with Crippen LogP contribution in [-0.2, 0) is 38.9 Å². The Morgan fingerprint density at radius 1 is 0.794 bits per heavy atom. The van der Waals surface area contributed by atoms with Gasteiger partial charge in [0.25, 0.3) is 0 Å². The minimum Gasteiger partial charge on any atom is -0.508 e. The fourth-order valence-corrected chi connectivity index (χ4v) is 4.40. The molecule has 0 unspecified atom stereocenters. The Bertz CT molecular complexity index is 1350. The van der Waals surface area contributed by atoms with E-state index in [1.807, 2.05) is 12.1 Å². The summed E-state index contributed by atoms with van der Waals surface area (Å²) in [5, 5.41) is 19.2. The highest BCUT2D eigenvalue weighted by molar-refractivity contribution is 7.94. The van der Waals surface area contributed by atoms with Gasteiger partial charge in [0.05, 0.1) is 12.7 Å². The van der Waals surface area contributed by atoms with Gasteiger partial charge in [-0.05, 0) is 30.3 Å². The standard InChI is InChI=1S/C20H14O4.CH4O7S2/c21-15-9-5-13(6-10-15)20(14-7-11-16(22)12-8-14)18-4-2-1-3-17(18)19(23)24-20;1-7-10(5,6)8-9(2,3)4/h1-12,21-22H;1H3,(H,2,3,4). The second-order valence-electron chi connectivity index (χ2n) is 6.78. The monoisotopic (exact) mass is 510 g/mol. The third-order valence-corrected chi connectivity index (χ3v) is 6.46. The zero-order valence-corrected chi connectivity index (χ0v) is 19.0. The van der Waals surface area contributed by atoms with Crippen molar-refractivity contribution in [1.82, 2.24) is 0 Å². The molecule has 3 N–H and O–H groups in total. The Balaban J connectivity index is 0.000000277. The summed E-state index contributed by atoms with van der Waals surface area (Å²) in [4.78, 5) is 12.4. The molecule has 0 fully saturated rings. The molecule has 0 radical (unpaired) electrons. The Kier molecular flexibility index (Phi) is 6.95. The summed E-state index contributed by atoms with van der Waals surface area (Å²) in [5.74, 6) is -0.124. The van der Waals surface area contributed by atoms with Gasteiger partial charge in [-0.15, -0.1) is 3.63 Å². The van der Waals surface area contributed by atoms with Gasteiger partial charge in [-0.25, -0.2) is 4.79 Å². The number of ether oxygens (including phenoxy) is 1. The van der Waals surface area contributed by atoms with Crippen molar-refractivity contribution in [3.63, 3.8) is 0 Å². The Morgan fingerprint density at radius 3 is 1.68 bits per heavy atom. The van der Waals surface area contributed by atoms with E-state index in [1.54, 1.807) is 60.7 Å². The number of fused-ring (bicyclic) bond motifs is 1. The molecule has 0 amide bonds. The van der Waals surface area contributed by atoms with E-state index in [4.69, 9.17) is 9.29 Å². The third-order valence-electron chi connectivity index (χ3n) is 4.69. The quantitative estimate of drug-likeness (QED) is 0.339. The van der Waals surface area contributed by atoms with Crippen LogP contribution in [0, 0.1) is 0 Å². The summed E-state index contributed by atoms with van der Waals surface area (Å²) in [6.45, 7) is 0. The predicted octanol–water partition coefficient (Wildman–Crippen LogP) is 2.26. The van der Waals surface area contributed by atoms with Crippen molar-refractivity contribution in [2.45, 2.75) is 5.60 Å². The smallest absolute Gasteiger partial charge is 0.416 e. The largest absolute Gasteiger partial charge is 0.508 e. The van der Waals surface area contributed by atoms with Gasteiger partial charge in [-0.3, -0.25) is 8.74 Å². The highest BCUT2D eigenvalue weighted by Gasteiger charge is 2.48. The van der Waals surface area contributed by atoms with Gasteiger partial charge in [0.1, 0.15) is 11.5 Å². The van der Waals surface area contributed by atoms with E-state index in [0.717, 1.165) is 16.7 Å². The van der Waals surface area contributed by atoms with Crippen LogP contribution in [0.1, 0.15) is 27.0 Å². The van der Waals surface area contributed by atoms with Crippen LogP contribution < -0.4 is 0 Å². The molecular formula is C21H18O11S2. The van der Waals surface area contributed by atoms with Gasteiger partial charge in [0.15, 0.2) is 5.60 Å². The summed E-state index contributed by atoms with van der Waals surface area (Å²) < 4.78 is 59.6. The second-order valence-corrected chi connectivity index (χ2v) is 9.33. The molecule has 34 heavy (non-hydrogen) atoms. The van der Waals surface area contributed by atoms with Crippen molar-refractivity contribution in [3.8, 4) is 11.5 Å². The highest BCUT2D eigenvalue weighted by Crippen LogP contribution is 2.47. The average Bonchev–Trinajstić information content (AvgIpc) is 3.07. The third kappa shape index (κ3) is 5.35. The first-order valence-electron chi connectivity index (χ1n) is 9.29. The van der Waals surface area contributed by atoms with Gasteiger partial charge in [0.2, 0.25) is 0 Å².